The van der Waals surface area contributed by atoms with Crippen LogP contribution >= 0.6 is 0 Å². The van der Waals surface area contributed by atoms with Gasteiger partial charge in [0.1, 0.15) is 5.56 Å². The van der Waals surface area contributed by atoms with Crippen molar-refractivity contribution in [2.24, 2.45) is 7.05 Å². The van der Waals surface area contributed by atoms with Gasteiger partial charge < -0.3 is 10.1 Å². The third kappa shape index (κ3) is 2.13. The maximum atomic E-state index is 12.1. The third-order valence-corrected chi connectivity index (χ3v) is 2.54. The lowest BCUT2D eigenvalue weighted by Gasteiger charge is -1.98. The van der Waals surface area contributed by atoms with Gasteiger partial charge in [-0.15, -0.1) is 0 Å². The highest BCUT2D eigenvalue weighted by Crippen LogP contribution is 2.19. The topological polar surface area (TPSA) is 78.0 Å². The fraction of sp³-hybridized carbons (Fsp3) is 0.167. The van der Waals surface area contributed by atoms with Gasteiger partial charge in [0.25, 0.3) is 0 Å². The summed E-state index contributed by atoms with van der Waals surface area (Å²) in [6, 6.07) is 6.87. The van der Waals surface area contributed by atoms with E-state index < -0.39 is 16.5 Å². The van der Waals surface area contributed by atoms with Crippen LogP contribution in [0.15, 0.2) is 30.5 Å². The van der Waals surface area contributed by atoms with E-state index in [9.17, 15) is 14.9 Å². The second-order valence-electron chi connectivity index (χ2n) is 3.99. The highest BCUT2D eigenvalue weighted by atomic mass is 16.6. The van der Waals surface area contributed by atoms with Crippen molar-refractivity contribution in [3.63, 3.8) is 0 Å². The van der Waals surface area contributed by atoms with E-state index in [0.29, 0.717) is 5.56 Å². The quantitative estimate of drug-likeness (QED) is 0.469. The summed E-state index contributed by atoms with van der Waals surface area (Å²) in [6.45, 7) is 1.90. The van der Waals surface area contributed by atoms with Crippen molar-refractivity contribution in [3.8, 4) is 0 Å². The summed E-state index contributed by atoms with van der Waals surface area (Å²) in [4.78, 5) is 22.3. The van der Waals surface area contributed by atoms with Crippen molar-refractivity contribution >= 4 is 11.6 Å². The predicted molar refractivity (Wildman–Crippen MR) is 64.5 cm³/mol. The molecule has 0 aliphatic rings. The van der Waals surface area contributed by atoms with Crippen LogP contribution in [0.2, 0.25) is 0 Å². The molecule has 0 bridgehead atoms. The van der Waals surface area contributed by atoms with E-state index in [1.54, 1.807) is 31.3 Å². The predicted octanol–water partition coefficient (Wildman–Crippen LogP) is 1.87. The van der Waals surface area contributed by atoms with Crippen LogP contribution in [0, 0.1) is 17.0 Å². The first-order chi connectivity index (χ1) is 8.49. The number of rotatable bonds is 3. The highest BCUT2D eigenvalue weighted by molar-refractivity contribution is 6.11. The molecular weight excluding hydrogens is 234 g/mol. The number of hydrogen-bond donors (Lipinski definition) is 0. The number of carbonyl (C=O) groups is 1. The van der Waals surface area contributed by atoms with E-state index in [2.05, 4.69) is 5.10 Å². The Labute approximate surface area is 103 Å². The molecule has 1 aromatic heterocycles. The van der Waals surface area contributed by atoms with Crippen LogP contribution in [0.4, 0.5) is 5.82 Å². The lowest BCUT2D eigenvalue weighted by atomic mass is 10.0. The molecule has 0 atom stereocenters. The van der Waals surface area contributed by atoms with Crippen molar-refractivity contribution in [2.75, 3.05) is 0 Å². The molecule has 1 aromatic carbocycles. The molecule has 0 unspecified atom stereocenters. The van der Waals surface area contributed by atoms with Gasteiger partial charge >= 0.3 is 5.82 Å². The molecule has 18 heavy (non-hydrogen) atoms. The molecule has 0 saturated heterocycles. The molecule has 0 N–H and O–H groups in total. The number of nitro groups is 1. The van der Waals surface area contributed by atoms with Gasteiger partial charge in [0.05, 0.1) is 18.3 Å². The van der Waals surface area contributed by atoms with E-state index >= 15 is 0 Å². The summed E-state index contributed by atoms with van der Waals surface area (Å²) in [5, 5.41) is 14.5. The minimum atomic E-state index is -0.651. The van der Waals surface area contributed by atoms with Crippen molar-refractivity contribution in [3.05, 3.63) is 57.3 Å². The normalized spacial score (nSPS) is 10.3. The van der Waals surface area contributed by atoms with Crippen LogP contribution in [-0.2, 0) is 7.05 Å². The fourth-order valence-electron chi connectivity index (χ4n) is 1.63. The van der Waals surface area contributed by atoms with Crippen molar-refractivity contribution < 1.29 is 9.72 Å². The molecule has 6 heteroatoms. The minimum Gasteiger partial charge on any atom is -0.358 e. The Kier molecular flexibility index (Phi) is 2.93. The first kappa shape index (κ1) is 12.0. The SMILES string of the molecule is Cc1ccc(C(=O)c2cn(C)nc2[N+](=O)[O-])cc1. The largest absolute Gasteiger partial charge is 0.401 e. The Morgan fingerprint density at radius 2 is 1.94 bits per heavy atom. The van der Waals surface area contributed by atoms with Crippen LogP contribution in [0.5, 0.6) is 0 Å². The second kappa shape index (κ2) is 4.40. The van der Waals surface area contributed by atoms with Crippen LogP contribution in [0.25, 0.3) is 0 Å². The monoisotopic (exact) mass is 245 g/mol. The minimum absolute atomic E-state index is 0.00588. The van der Waals surface area contributed by atoms with Gasteiger partial charge in [-0.05, 0) is 11.8 Å². The Morgan fingerprint density at radius 3 is 2.50 bits per heavy atom. The number of aryl methyl sites for hydroxylation is 2. The van der Waals surface area contributed by atoms with Crippen molar-refractivity contribution in [1.29, 1.82) is 0 Å². The van der Waals surface area contributed by atoms with Gasteiger partial charge in [-0.25, -0.2) is 0 Å². The number of benzene rings is 1. The van der Waals surface area contributed by atoms with Gasteiger partial charge in [0.15, 0.2) is 0 Å². The van der Waals surface area contributed by atoms with Crippen LogP contribution in [0.1, 0.15) is 21.5 Å². The number of carbonyl (C=O) groups excluding carboxylic acids is 1. The average molecular weight is 245 g/mol. The average Bonchev–Trinajstić information content (AvgIpc) is 2.71. The molecule has 0 spiro atoms. The van der Waals surface area contributed by atoms with Crippen LogP contribution < -0.4 is 0 Å². The Hall–Kier alpha value is -2.50. The van der Waals surface area contributed by atoms with Gasteiger partial charge in [0, 0.05) is 5.56 Å². The lowest BCUT2D eigenvalue weighted by molar-refractivity contribution is -0.390. The molecule has 0 saturated carbocycles. The standard InChI is InChI=1S/C12H11N3O3/c1-8-3-5-9(6-4-8)11(16)10-7-14(2)13-12(10)15(17)18/h3-7H,1-2H3. The zero-order chi connectivity index (χ0) is 13.3. The summed E-state index contributed by atoms with van der Waals surface area (Å²) >= 11 is 0. The maximum Gasteiger partial charge on any atom is 0.401 e. The van der Waals surface area contributed by atoms with E-state index in [-0.39, 0.29) is 5.56 Å². The molecule has 1 heterocycles. The van der Waals surface area contributed by atoms with Crippen molar-refractivity contribution in [2.45, 2.75) is 6.92 Å². The third-order valence-electron chi connectivity index (χ3n) is 2.54. The highest BCUT2D eigenvalue weighted by Gasteiger charge is 2.26. The Balaban J connectivity index is 2.45. The zero-order valence-corrected chi connectivity index (χ0v) is 9.95. The van der Waals surface area contributed by atoms with Crippen molar-refractivity contribution in [1.82, 2.24) is 9.78 Å². The van der Waals surface area contributed by atoms with E-state index in [0.717, 1.165) is 5.56 Å². The Morgan fingerprint density at radius 1 is 1.33 bits per heavy atom. The summed E-state index contributed by atoms with van der Waals surface area (Å²) in [7, 11) is 1.54. The van der Waals surface area contributed by atoms with Crippen LogP contribution in [-0.4, -0.2) is 20.5 Å². The number of hydrogen-bond acceptors (Lipinski definition) is 4. The van der Waals surface area contributed by atoms with E-state index in [1.807, 2.05) is 6.92 Å². The molecule has 0 radical (unpaired) electrons. The van der Waals surface area contributed by atoms with Gasteiger partial charge in [-0.3, -0.25) is 4.79 Å². The first-order valence-corrected chi connectivity index (χ1v) is 5.28. The molecule has 2 rings (SSSR count). The smallest absolute Gasteiger partial charge is 0.358 e. The molecule has 0 aliphatic carbocycles. The summed E-state index contributed by atoms with van der Waals surface area (Å²) < 4.78 is 1.26. The molecule has 0 aliphatic heterocycles. The first-order valence-electron chi connectivity index (χ1n) is 5.28. The molecule has 6 nitrogen and oxygen atoms in total. The lowest BCUT2D eigenvalue weighted by Crippen LogP contribution is -2.03. The second-order valence-corrected chi connectivity index (χ2v) is 3.99. The molecule has 2 aromatic rings. The van der Waals surface area contributed by atoms with E-state index in [4.69, 9.17) is 0 Å². The summed E-state index contributed by atoms with van der Waals surface area (Å²) in [5.41, 5.74) is 1.44. The van der Waals surface area contributed by atoms with Gasteiger partial charge in [-0.2, -0.15) is 4.68 Å². The molecule has 0 amide bonds. The number of aromatic nitrogens is 2. The van der Waals surface area contributed by atoms with Gasteiger partial charge in [0.2, 0.25) is 5.78 Å². The summed E-state index contributed by atoms with van der Waals surface area (Å²) in [6.07, 6.45) is 1.36. The molecular formula is C12H11N3O3. The number of nitrogens with zero attached hydrogens (tertiary/aromatic N) is 3. The zero-order valence-electron chi connectivity index (χ0n) is 9.95. The van der Waals surface area contributed by atoms with Gasteiger partial charge in [-0.1, -0.05) is 29.8 Å². The van der Waals surface area contributed by atoms with E-state index in [1.165, 1.54) is 10.9 Å². The number of ketones is 1. The fourth-order valence-corrected chi connectivity index (χ4v) is 1.63. The summed E-state index contributed by atoms with van der Waals surface area (Å²) in [5.74, 6) is -0.808. The molecule has 92 valence electrons. The molecule has 0 fully saturated rings. The Bertz CT molecular complexity index is 614. The van der Waals surface area contributed by atoms with Crippen LogP contribution in [0.3, 0.4) is 0 Å². The maximum absolute atomic E-state index is 12.1.